The molecule has 10 nitrogen and oxygen atoms in total. The van der Waals surface area contributed by atoms with Gasteiger partial charge < -0.3 is 15.3 Å². The Morgan fingerprint density at radius 2 is 1.92 bits per heavy atom. The molecule has 0 saturated carbocycles. The van der Waals surface area contributed by atoms with Gasteiger partial charge in [0.25, 0.3) is 5.91 Å². The lowest BCUT2D eigenvalue weighted by molar-refractivity contribution is -0.192. The van der Waals surface area contributed by atoms with E-state index in [1.165, 1.54) is 12.1 Å². The van der Waals surface area contributed by atoms with E-state index in [1.54, 1.807) is 21.7 Å². The van der Waals surface area contributed by atoms with Gasteiger partial charge in [0, 0.05) is 45.5 Å². The molecule has 1 aromatic carbocycles. The third kappa shape index (κ3) is 7.73. The lowest BCUT2D eigenvalue weighted by Crippen LogP contribution is -2.47. The molecule has 1 atom stereocenters. The van der Waals surface area contributed by atoms with Crippen LogP contribution in [0.15, 0.2) is 30.5 Å². The second-order valence-electron chi connectivity index (χ2n) is 8.53. The zero-order valence-electron chi connectivity index (χ0n) is 19.2. The van der Waals surface area contributed by atoms with Crippen LogP contribution >= 0.6 is 0 Å². The molecule has 0 aliphatic carbocycles. The minimum atomic E-state index is -5.08. The lowest BCUT2D eigenvalue weighted by Gasteiger charge is -2.32. The fourth-order valence-corrected chi connectivity index (χ4v) is 4.02. The molecule has 2 aromatic rings. The first kappa shape index (κ1) is 27.0. The number of alkyl halides is 3. The van der Waals surface area contributed by atoms with E-state index in [1.807, 2.05) is 11.1 Å². The second kappa shape index (κ2) is 11.9. The molecule has 14 heteroatoms. The van der Waals surface area contributed by atoms with Gasteiger partial charge in [-0.3, -0.25) is 19.2 Å². The second-order valence-corrected chi connectivity index (χ2v) is 8.53. The number of halogens is 4. The summed E-state index contributed by atoms with van der Waals surface area (Å²) in [6.45, 7) is 4.31. The molecule has 1 aromatic heterocycles. The van der Waals surface area contributed by atoms with Crippen molar-refractivity contribution >= 4 is 17.8 Å². The highest BCUT2D eigenvalue weighted by Gasteiger charge is 2.38. The van der Waals surface area contributed by atoms with E-state index in [-0.39, 0.29) is 23.3 Å². The first-order valence-corrected chi connectivity index (χ1v) is 11.2. The summed E-state index contributed by atoms with van der Waals surface area (Å²) < 4.78 is 47.5. The number of piperazine rings is 1. The average molecular weight is 514 g/mol. The lowest BCUT2D eigenvalue weighted by atomic mass is 9.97. The Labute approximate surface area is 203 Å². The Bertz CT molecular complexity index is 1080. The predicted octanol–water partition coefficient (Wildman–Crippen LogP) is 1.53. The Morgan fingerprint density at radius 1 is 1.19 bits per heavy atom. The molecular formula is C22H26F4N6O4. The summed E-state index contributed by atoms with van der Waals surface area (Å²) in [4.78, 5) is 36.8. The quantitative estimate of drug-likeness (QED) is 0.581. The first-order valence-electron chi connectivity index (χ1n) is 11.2. The number of piperidine rings is 1. The number of aromatic nitrogens is 3. The topological polar surface area (TPSA) is 121 Å². The standard InChI is InChI=1S/C20H25FN6O2.C2HF3O2/c21-18-6-2-1-5-17(18)20(29)26-8-3-4-15(10-26)11-27-13-16(23-24-27)12-25-9-7-22-19(28)14-25;3-2(4,5)1(6)7/h1-2,5-6,13,15H,3-4,7-12,14H2,(H,22,28);(H,6,7). The Hall–Kier alpha value is -3.55. The van der Waals surface area contributed by atoms with Crippen LogP contribution in [0, 0.1) is 11.7 Å². The number of carbonyl (C=O) groups is 3. The number of nitrogens with zero attached hydrogens (tertiary/aromatic N) is 5. The van der Waals surface area contributed by atoms with Crippen molar-refractivity contribution in [2.45, 2.75) is 32.1 Å². The van der Waals surface area contributed by atoms with Crippen molar-refractivity contribution in [3.8, 4) is 0 Å². The van der Waals surface area contributed by atoms with Gasteiger partial charge in [0.2, 0.25) is 5.91 Å². The molecule has 2 fully saturated rings. The van der Waals surface area contributed by atoms with Gasteiger partial charge in [-0.25, -0.2) is 9.18 Å². The number of hydrogen-bond acceptors (Lipinski definition) is 6. The van der Waals surface area contributed by atoms with Crippen LogP contribution in [0.1, 0.15) is 28.9 Å². The van der Waals surface area contributed by atoms with Gasteiger partial charge in [-0.05, 0) is 30.9 Å². The molecular weight excluding hydrogens is 488 g/mol. The van der Waals surface area contributed by atoms with Crippen LogP contribution in [0.25, 0.3) is 0 Å². The number of rotatable bonds is 5. The summed E-state index contributed by atoms with van der Waals surface area (Å²) in [7, 11) is 0. The normalized spacial score (nSPS) is 18.7. The van der Waals surface area contributed by atoms with E-state index >= 15 is 0 Å². The summed E-state index contributed by atoms with van der Waals surface area (Å²) in [6.07, 6.45) is -1.30. The van der Waals surface area contributed by atoms with E-state index in [0.717, 1.165) is 25.1 Å². The van der Waals surface area contributed by atoms with Crippen LogP contribution in [-0.4, -0.2) is 86.6 Å². The molecule has 0 spiro atoms. The van der Waals surface area contributed by atoms with Crippen molar-refractivity contribution in [3.63, 3.8) is 0 Å². The van der Waals surface area contributed by atoms with Gasteiger partial charge in [0.15, 0.2) is 0 Å². The number of hydrogen-bond donors (Lipinski definition) is 2. The Kier molecular flexibility index (Phi) is 8.96. The van der Waals surface area contributed by atoms with Gasteiger partial charge in [0.1, 0.15) is 5.82 Å². The predicted molar refractivity (Wildman–Crippen MR) is 117 cm³/mol. The van der Waals surface area contributed by atoms with Crippen LogP contribution < -0.4 is 5.32 Å². The van der Waals surface area contributed by atoms with Gasteiger partial charge >= 0.3 is 12.1 Å². The Balaban J connectivity index is 0.000000454. The van der Waals surface area contributed by atoms with Gasteiger partial charge in [-0.1, -0.05) is 17.3 Å². The molecule has 2 aliphatic rings. The highest BCUT2D eigenvalue weighted by Crippen LogP contribution is 2.21. The third-order valence-corrected chi connectivity index (χ3v) is 5.69. The maximum atomic E-state index is 14.0. The number of carboxylic acids is 1. The van der Waals surface area contributed by atoms with Crippen LogP contribution in [0.2, 0.25) is 0 Å². The molecule has 2 amide bonds. The summed E-state index contributed by atoms with van der Waals surface area (Å²) in [5.74, 6) is -3.21. The number of amides is 2. The van der Waals surface area contributed by atoms with Crippen LogP contribution in [0.3, 0.4) is 0 Å². The molecule has 196 valence electrons. The molecule has 2 N–H and O–H groups in total. The largest absolute Gasteiger partial charge is 0.490 e. The van der Waals surface area contributed by atoms with Gasteiger partial charge in [-0.15, -0.1) is 5.10 Å². The highest BCUT2D eigenvalue weighted by molar-refractivity contribution is 5.94. The summed E-state index contributed by atoms with van der Waals surface area (Å²) in [5, 5.41) is 18.4. The molecule has 36 heavy (non-hydrogen) atoms. The summed E-state index contributed by atoms with van der Waals surface area (Å²) >= 11 is 0. The number of likely N-dealkylation sites (tertiary alicyclic amines) is 1. The van der Waals surface area contributed by atoms with Crippen molar-refractivity contribution < 1.29 is 37.1 Å². The van der Waals surface area contributed by atoms with E-state index < -0.39 is 18.0 Å². The first-order chi connectivity index (χ1) is 17.0. The van der Waals surface area contributed by atoms with E-state index in [2.05, 4.69) is 15.6 Å². The minimum absolute atomic E-state index is 0.0328. The van der Waals surface area contributed by atoms with E-state index in [0.29, 0.717) is 39.3 Å². The van der Waals surface area contributed by atoms with Crippen LogP contribution in [0.4, 0.5) is 17.6 Å². The molecule has 2 saturated heterocycles. The number of nitrogens with one attached hydrogen (secondary N) is 1. The number of benzene rings is 1. The molecule has 1 unspecified atom stereocenters. The van der Waals surface area contributed by atoms with Crippen molar-refractivity contribution in [2.24, 2.45) is 5.92 Å². The highest BCUT2D eigenvalue weighted by atomic mass is 19.4. The van der Waals surface area contributed by atoms with Crippen molar-refractivity contribution in [3.05, 3.63) is 47.5 Å². The van der Waals surface area contributed by atoms with E-state index in [9.17, 15) is 27.2 Å². The Morgan fingerprint density at radius 3 is 2.58 bits per heavy atom. The van der Waals surface area contributed by atoms with Gasteiger partial charge in [-0.2, -0.15) is 13.2 Å². The number of carboxylic acid groups (broad SMARTS) is 1. The fraction of sp³-hybridized carbons (Fsp3) is 0.500. The number of carbonyl (C=O) groups excluding carboxylic acids is 2. The smallest absolute Gasteiger partial charge is 0.475 e. The monoisotopic (exact) mass is 514 g/mol. The average Bonchev–Trinajstić information content (AvgIpc) is 3.25. The van der Waals surface area contributed by atoms with Crippen molar-refractivity contribution in [2.75, 3.05) is 32.7 Å². The molecule has 4 rings (SSSR count). The SMILES string of the molecule is O=C(O)C(F)(F)F.O=C1CN(Cc2cn(CC3CCCN(C(=O)c4ccccc4F)C3)nn2)CCN1. The van der Waals surface area contributed by atoms with Crippen molar-refractivity contribution in [1.29, 1.82) is 0 Å². The van der Waals surface area contributed by atoms with Crippen LogP contribution in [0.5, 0.6) is 0 Å². The molecule has 0 bridgehead atoms. The zero-order valence-corrected chi connectivity index (χ0v) is 19.2. The number of aliphatic carboxylic acids is 1. The van der Waals surface area contributed by atoms with Crippen molar-refractivity contribution in [1.82, 2.24) is 30.1 Å². The minimum Gasteiger partial charge on any atom is -0.475 e. The fourth-order valence-electron chi connectivity index (χ4n) is 4.02. The summed E-state index contributed by atoms with van der Waals surface area (Å²) in [6, 6.07) is 6.12. The third-order valence-electron chi connectivity index (χ3n) is 5.69. The van der Waals surface area contributed by atoms with Gasteiger partial charge in [0.05, 0.1) is 17.8 Å². The van der Waals surface area contributed by atoms with Crippen LogP contribution in [-0.2, 0) is 22.7 Å². The molecule has 3 heterocycles. The maximum absolute atomic E-state index is 14.0. The van der Waals surface area contributed by atoms with E-state index in [4.69, 9.17) is 9.90 Å². The molecule has 0 radical (unpaired) electrons. The zero-order chi connectivity index (χ0) is 26.3. The summed E-state index contributed by atoms with van der Waals surface area (Å²) in [5.41, 5.74) is 0.955. The molecule has 2 aliphatic heterocycles. The maximum Gasteiger partial charge on any atom is 0.490 e.